The first-order valence-corrected chi connectivity index (χ1v) is 10.2. The summed E-state index contributed by atoms with van der Waals surface area (Å²) in [5.74, 6) is -4.21. The Hall–Kier alpha value is -2.87. The first-order valence-electron chi connectivity index (χ1n) is 9.57. The SMILES string of the molecule is CC(O)C(NC(=O)C(N)CO)C(=O)NC(Cc1ccc(O)cc1)C(=O)NC(CS)C(=O)O. The van der Waals surface area contributed by atoms with E-state index >= 15 is 0 Å². The summed E-state index contributed by atoms with van der Waals surface area (Å²) in [7, 11) is 0. The molecule has 3 amide bonds. The third-order valence-corrected chi connectivity index (χ3v) is 4.77. The van der Waals surface area contributed by atoms with Gasteiger partial charge in [-0.25, -0.2) is 4.79 Å². The van der Waals surface area contributed by atoms with Gasteiger partial charge in [0.05, 0.1) is 12.7 Å². The van der Waals surface area contributed by atoms with E-state index < -0.39 is 60.6 Å². The van der Waals surface area contributed by atoms with Gasteiger partial charge >= 0.3 is 5.97 Å². The molecule has 32 heavy (non-hydrogen) atoms. The van der Waals surface area contributed by atoms with Crippen molar-refractivity contribution >= 4 is 36.3 Å². The predicted molar refractivity (Wildman–Crippen MR) is 116 cm³/mol. The third kappa shape index (κ3) is 8.34. The molecule has 0 saturated carbocycles. The molecule has 5 atom stereocenters. The Kier molecular flexibility index (Phi) is 10.9. The van der Waals surface area contributed by atoms with Crippen LogP contribution in [0.3, 0.4) is 0 Å². The molecule has 0 spiro atoms. The number of nitrogens with two attached hydrogens (primary N) is 1. The maximum Gasteiger partial charge on any atom is 0.327 e. The second-order valence-electron chi connectivity index (χ2n) is 7.03. The summed E-state index contributed by atoms with van der Waals surface area (Å²) in [6.45, 7) is 0.539. The van der Waals surface area contributed by atoms with Crippen LogP contribution in [0.4, 0.5) is 0 Å². The van der Waals surface area contributed by atoms with Gasteiger partial charge < -0.3 is 42.1 Å². The number of aliphatic hydroxyl groups is 2. The summed E-state index contributed by atoms with van der Waals surface area (Å²) in [6, 6.07) is 0.303. The molecule has 5 unspecified atom stereocenters. The van der Waals surface area contributed by atoms with Gasteiger partial charge in [0.15, 0.2) is 0 Å². The lowest BCUT2D eigenvalue weighted by Gasteiger charge is -2.26. The van der Waals surface area contributed by atoms with E-state index in [4.69, 9.17) is 15.9 Å². The number of aliphatic carboxylic acids is 1. The molecular formula is C19H28N4O8S. The van der Waals surface area contributed by atoms with Crippen molar-refractivity contribution in [1.82, 2.24) is 16.0 Å². The summed E-state index contributed by atoms with van der Waals surface area (Å²) in [5, 5.41) is 44.3. The summed E-state index contributed by atoms with van der Waals surface area (Å²) >= 11 is 3.88. The van der Waals surface area contributed by atoms with E-state index in [0.29, 0.717) is 5.56 Å². The van der Waals surface area contributed by atoms with E-state index in [1.807, 2.05) is 0 Å². The van der Waals surface area contributed by atoms with Crippen molar-refractivity contribution in [2.24, 2.45) is 5.73 Å². The first-order chi connectivity index (χ1) is 15.0. The molecule has 0 heterocycles. The standard InChI is InChI=1S/C19H28N4O8S/c1-9(25)15(23-16(27)12(20)7-24)18(29)21-13(6-10-2-4-11(26)5-3-10)17(28)22-14(8-32)19(30)31/h2-5,9,12-15,24-26,32H,6-8,20H2,1H3,(H,21,29)(H,22,28)(H,23,27)(H,30,31). The Morgan fingerprint density at radius 3 is 2.03 bits per heavy atom. The van der Waals surface area contributed by atoms with E-state index in [2.05, 4.69) is 28.6 Å². The highest BCUT2D eigenvalue weighted by molar-refractivity contribution is 7.80. The van der Waals surface area contributed by atoms with E-state index in [9.17, 15) is 29.4 Å². The highest BCUT2D eigenvalue weighted by Crippen LogP contribution is 2.12. The number of amides is 3. The molecule has 0 bridgehead atoms. The number of carboxylic acids is 1. The number of phenolic OH excluding ortho intramolecular Hbond substituents is 1. The quantitative estimate of drug-likeness (QED) is 0.143. The predicted octanol–water partition coefficient (Wildman–Crippen LogP) is -2.90. The van der Waals surface area contributed by atoms with Crippen LogP contribution >= 0.6 is 12.6 Å². The van der Waals surface area contributed by atoms with Crippen molar-refractivity contribution in [3.8, 4) is 5.75 Å². The van der Waals surface area contributed by atoms with Crippen molar-refractivity contribution < 1.29 is 39.6 Å². The highest BCUT2D eigenvalue weighted by atomic mass is 32.1. The number of benzene rings is 1. The van der Waals surface area contributed by atoms with Gasteiger partial charge in [0.1, 0.15) is 29.9 Å². The molecule has 9 N–H and O–H groups in total. The lowest BCUT2D eigenvalue weighted by molar-refractivity contribution is -0.141. The molecule has 1 rings (SSSR count). The van der Waals surface area contributed by atoms with Gasteiger partial charge in [0.25, 0.3) is 0 Å². The molecule has 0 aliphatic carbocycles. The third-order valence-electron chi connectivity index (χ3n) is 4.40. The summed E-state index contributed by atoms with van der Waals surface area (Å²) < 4.78 is 0. The summed E-state index contributed by atoms with van der Waals surface area (Å²) in [5.41, 5.74) is 5.93. The topological polar surface area (TPSA) is 211 Å². The molecule has 178 valence electrons. The van der Waals surface area contributed by atoms with Crippen molar-refractivity contribution in [3.05, 3.63) is 29.8 Å². The fourth-order valence-corrected chi connectivity index (χ4v) is 2.79. The van der Waals surface area contributed by atoms with E-state index in [-0.39, 0.29) is 17.9 Å². The Morgan fingerprint density at radius 1 is 1.00 bits per heavy atom. The zero-order chi connectivity index (χ0) is 24.4. The first kappa shape index (κ1) is 27.2. The largest absolute Gasteiger partial charge is 0.508 e. The molecule has 0 saturated heterocycles. The van der Waals surface area contributed by atoms with Crippen LogP contribution in [0.5, 0.6) is 5.75 Å². The summed E-state index contributed by atoms with van der Waals surface area (Å²) in [6.07, 6.45) is -1.47. The highest BCUT2D eigenvalue weighted by Gasteiger charge is 2.32. The lowest BCUT2D eigenvalue weighted by Crippen LogP contribution is -2.60. The minimum atomic E-state index is -1.50. The number of hydrogen-bond acceptors (Lipinski definition) is 9. The molecule has 0 aliphatic heterocycles. The van der Waals surface area contributed by atoms with E-state index in [1.165, 1.54) is 31.2 Å². The van der Waals surface area contributed by atoms with Crippen LogP contribution in [-0.4, -0.2) is 86.7 Å². The average Bonchev–Trinajstić information content (AvgIpc) is 2.75. The number of carboxylic acid groups (broad SMARTS) is 1. The summed E-state index contributed by atoms with van der Waals surface area (Å²) in [4.78, 5) is 48.6. The van der Waals surface area contributed by atoms with Crippen molar-refractivity contribution in [2.75, 3.05) is 12.4 Å². The van der Waals surface area contributed by atoms with Gasteiger partial charge in [-0.05, 0) is 24.6 Å². The molecule has 12 nitrogen and oxygen atoms in total. The number of phenols is 1. The lowest BCUT2D eigenvalue weighted by atomic mass is 10.0. The van der Waals surface area contributed by atoms with Crippen molar-refractivity contribution in [1.29, 1.82) is 0 Å². The van der Waals surface area contributed by atoms with Gasteiger partial charge in [-0.1, -0.05) is 12.1 Å². The number of rotatable bonds is 12. The van der Waals surface area contributed by atoms with Crippen LogP contribution in [0.15, 0.2) is 24.3 Å². The second kappa shape index (κ2) is 12.9. The van der Waals surface area contributed by atoms with Gasteiger partial charge in [-0.3, -0.25) is 14.4 Å². The molecule has 0 fully saturated rings. The molecular weight excluding hydrogens is 444 g/mol. The fourth-order valence-electron chi connectivity index (χ4n) is 2.54. The molecule has 0 aliphatic rings. The molecule has 1 aromatic rings. The van der Waals surface area contributed by atoms with E-state index in [1.54, 1.807) is 0 Å². The minimum absolute atomic E-state index is 0.0168. The molecule has 1 aromatic carbocycles. The monoisotopic (exact) mass is 472 g/mol. The number of carbonyl (C=O) groups is 4. The molecule has 0 radical (unpaired) electrons. The zero-order valence-electron chi connectivity index (χ0n) is 17.3. The number of aliphatic hydroxyl groups excluding tert-OH is 2. The molecule has 13 heteroatoms. The van der Waals surface area contributed by atoms with Gasteiger partial charge in [0.2, 0.25) is 17.7 Å². The van der Waals surface area contributed by atoms with Crippen LogP contribution < -0.4 is 21.7 Å². The van der Waals surface area contributed by atoms with Crippen molar-refractivity contribution in [3.63, 3.8) is 0 Å². The Morgan fingerprint density at radius 2 is 1.56 bits per heavy atom. The van der Waals surface area contributed by atoms with Gasteiger partial charge in [0, 0.05) is 12.2 Å². The normalized spacial score (nSPS) is 15.5. The fraction of sp³-hybridized carbons (Fsp3) is 0.474. The van der Waals surface area contributed by atoms with Gasteiger partial charge in [-0.2, -0.15) is 12.6 Å². The van der Waals surface area contributed by atoms with Crippen molar-refractivity contribution in [2.45, 2.75) is 43.6 Å². The number of hydrogen-bond donors (Lipinski definition) is 9. The van der Waals surface area contributed by atoms with Crippen LogP contribution in [-0.2, 0) is 25.6 Å². The Labute approximate surface area is 189 Å². The minimum Gasteiger partial charge on any atom is -0.508 e. The number of thiol groups is 1. The Balaban J connectivity index is 3.08. The number of carbonyl (C=O) groups excluding carboxylic acids is 3. The average molecular weight is 473 g/mol. The smallest absolute Gasteiger partial charge is 0.327 e. The van der Waals surface area contributed by atoms with Crippen LogP contribution in [0, 0.1) is 0 Å². The van der Waals surface area contributed by atoms with Crippen LogP contribution in [0.25, 0.3) is 0 Å². The Bertz CT molecular complexity index is 805. The number of aromatic hydroxyl groups is 1. The van der Waals surface area contributed by atoms with Crippen LogP contribution in [0.1, 0.15) is 12.5 Å². The van der Waals surface area contributed by atoms with E-state index in [0.717, 1.165) is 0 Å². The maximum absolute atomic E-state index is 12.7. The second-order valence-corrected chi connectivity index (χ2v) is 7.39. The molecule has 0 aromatic heterocycles. The zero-order valence-corrected chi connectivity index (χ0v) is 18.2. The number of nitrogens with one attached hydrogen (secondary N) is 3. The van der Waals surface area contributed by atoms with Crippen LogP contribution in [0.2, 0.25) is 0 Å². The van der Waals surface area contributed by atoms with Gasteiger partial charge in [-0.15, -0.1) is 0 Å². The maximum atomic E-state index is 12.7.